The van der Waals surface area contributed by atoms with Crippen LogP contribution in [0.2, 0.25) is 0 Å². The molecule has 25 heavy (non-hydrogen) atoms. The molecule has 1 N–H and O–H groups in total. The number of aryl methyl sites for hydroxylation is 2. The van der Waals surface area contributed by atoms with Crippen molar-refractivity contribution in [2.75, 3.05) is 5.32 Å². The molecule has 1 aromatic carbocycles. The molecule has 1 aliphatic rings. The molecule has 7 heteroatoms. The van der Waals surface area contributed by atoms with E-state index in [1.165, 1.54) is 35.9 Å². The summed E-state index contributed by atoms with van der Waals surface area (Å²) in [5.74, 6) is 0.354. The number of hydrogen-bond donors (Lipinski definition) is 1. The fourth-order valence-corrected chi connectivity index (χ4v) is 2.96. The molecule has 1 unspecified atom stereocenters. The maximum Gasteiger partial charge on any atom is 0.332 e. The first-order chi connectivity index (χ1) is 11.9. The predicted molar refractivity (Wildman–Crippen MR) is 94.1 cm³/mol. The summed E-state index contributed by atoms with van der Waals surface area (Å²) in [7, 11) is 2.87. The Bertz CT molecular complexity index is 942. The third kappa shape index (κ3) is 3.35. The van der Waals surface area contributed by atoms with Gasteiger partial charge in [0.1, 0.15) is 11.6 Å². The van der Waals surface area contributed by atoms with Gasteiger partial charge < -0.3 is 10.1 Å². The molecular weight excluding hydrogens is 322 g/mol. The van der Waals surface area contributed by atoms with Crippen LogP contribution in [0.3, 0.4) is 0 Å². The highest BCUT2D eigenvalue weighted by Gasteiger charge is 2.18. The second-order valence-corrected chi connectivity index (χ2v) is 6.30. The average molecular weight is 343 g/mol. The minimum absolute atomic E-state index is 0.141. The standard InChI is InChI=1S/C18H21N3O4/c1-11(25-14-8-7-12-5-4-6-13(12)9-14)17(23)19-15-10-16(22)21(3)18(24)20(15)2/h7-11H,4-6H2,1-3H3,(H,19,23). The van der Waals surface area contributed by atoms with Gasteiger partial charge in [-0.2, -0.15) is 0 Å². The Morgan fingerprint density at radius 1 is 1.12 bits per heavy atom. The molecule has 0 radical (unpaired) electrons. The monoisotopic (exact) mass is 343 g/mol. The highest BCUT2D eigenvalue weighted by Crippen LogP contribution is 2.26. The van der Waals surface area contributed by atoms with E-state index in [1.807, 2.05) is 18.2 Å². The van der Waals surface area contributed by atoms with Gasteiger partial charge in [0.25, 0.3) is 11.5 Å². The number of nitrogens with zero attached hydrogens (tertiary/aromatic N) is 2. The quantitative estimate of drug-likeness (QED) is 0.897. The normalized spacial score (nSPS) is 14.0. The van der Waals surface area contributed by atoms with E-state index in [2.05, 4.69) is 5.32 Å². The fraction of sp³-hybridized carbons (Fsp3) is 0.389. The summed E-state index contributed by atoms with van der Waals surface area (Å²) in [5.41, 5.74) is 1.61. The number of aromatic nitrogens is 2. The maximum atomic E-state index is 12.3. The molecule has 0 aliphatic heterocycles. The number of benzene rings is 1. The summed E-state index contributed by atoms with van der Waals surface area (Å²) >= 11 is 0. The van der Waals surface area contributed by atoms with Gasteiger partial charge >= 0.3 is 5.69 Å². The zero-order chi connectivity index (χ0) is 18.1. The first-order valence-electron chi connectivity index (χ1n) is 8.23. The van der Waals surface area contributed by atoms with Crippen LogP contribution in [0.1, 0.15) is 24.5 Å². The molecular formula is C18H21N3O4. The molecule has 0 saturated heterocycles. The molecule has 0 spiro atoms. The molecule has 1 atom stereocenters. The predicted octanol–water partition coefficient (Wildman–Crippen LogP) is 0.979. The minimum Gasteiger partial charge on any atom is -0.481 e. The lowest BCUT2D eigenvalue weighted by Crippen LogP contribution is -2.39. The summed E-state index contributed by atoms with van der Waals surface area (Å²) < 4.78 is 7.90. The van der Waals surface area contributed by atoms with Crippen LogP contribution in [0.15, 0.2) is 33.9 Å². The van der Waals surface area contributed by atoms with Crippen LogP contribution in [-0.4, -0.2) is 21.1 Å². The van der Waals surface area contributed by atoms with Gasteiger partial charge in [0.15, 0.2) is 6.10 Å². The first kappa shape index (κ1) is 17.0. The van der Waals surface area contributed by atoms with Crippen LogP contribution in [-0.2, 0) is 31.7 Å². The van der Waals surface area contributed by atoms with Crippen molar-refractivity contribution < 1.29 is 9.53 Å². The van der Waals surface area contributed by atoms with Crippen LogP contribution in [0, 0.1) is 0 Å². The Hall–Kier alpha value is -2.83. The van der Waals surface area contributed by atoms with E-state index in [0.29, 0.717) is 5.75 Å². The van der Waals surface area contributed by atoms with E-state index >= 15 is 0 Å². The minimum atomic E-state index is -0.765. The van der Waals surface area contributed by atoms with Crippen molar-refractivity contribution in [3.05, 3.63) is 56.2 Å². The van der Waals surface area contributed by atoms with Crippen molar-refractivity contribution in [1.29, 1.82) is 0 Å². The van der Waals surface area contributed by atoms with Gasteiger partial charge in [0, 0.05) is 20.2 Å². The van der Waals surface area contributed by atoms with Crippen molar-refractivity contribution in [2.24, 2.45) is 14.1 Å². The second kappa shape index (κ2) is 6.58. The molecule has 1 amide bonds. The average Bonchev–Trinajstić information content (AvgIpc) is 3.05. The number of nitrogens with one attached hydrogen (secondary N) is 1. The molecule has 132 valence electrons. The van der Waals surface area contributed by atoms with E-state index in [4.69, 9.17) is 4.74 Å². The van der Waals surface area contributed by atoms with Crippen molar-refractivity contribution >= 4 is 11.7 Å². The fourth-order valence-electron chi connectivity index (χ4n) is 2.96. The van der Waals surface area contributed by atoms with Gasteiger partial charge in [-0.05, 0) is 49.4 Å². The topological polar surface area (TPSA) is 82.3 Å². The largest absolute Gasteiger partial charge is 0.481 e. The Balaban J connectivity index is 1.73. The highest BCUT2D eigenvalue weighted by atomic mass is 16.5. The lowest BCUT2D eigenvalue weighted by molar-refractivity contribution is -0.122. The molecule has 2 aromatic rings. The number of amides is 1. The molecule has 0 fully saturated rings. The molecule has 1 heterocycles. The zero-order valence-electron chi connectivity index (χ0n) is 14.5. The van der Waals surface area contributed by atoms with Gasteiger partial charge in [0.05, 0.1) is 0 Å². The summed E-state index contributed by atoms with van der Waals surface area (Å²) in [6, 6.07) is 7.08. The SMILES string of the molecule is CC(Oc1ccc2c(c1)CCC2)C(=O)Nc1cc(=O)n(C)c(=O)n1C. The number of rotatable bonds is 4. The van der Waals surface area contributed by atoms with Crippen LogP contribution < -0.4 is 21.3 Å². The Labute approximate surface area is 144 Å². The first-order valence-corrected chi connectivity index (χ1v) is 8.23. The van der Waals surface area contributed by atoms with Crippen molar-refractivity contribution in [1.82, 2.24) is 9.13 Å². The second-order valence-electron chi connectivity index (χ2n) is 6.30. The maximum absolute atomic E-state index is 12.3. The van der Waals surface area contributed by atoms with E-state index in [-0.39, 0.29) is 5.82 Å². The number of carbonyl (C=O) groups is 1. The Morgan fingerprint density at radius 3 is 2.60 bits per heavy atom. The van der Waals surface area contributed by atoms with Crippen molar-refractivity contribution in [2.45, 2.75) is 32.3 Å². The third-order valence-corrected chi connectivity index (χ3v) is 4.53. The number of hydrogen-bond acceptors (Lipinski definition) is 4. The number of anilines is 1. The smallest absolute Gasteiger partial charge is 0.332 e. The molecule has 3 rings (SSSR count). The Kier molecular flexibility index (Phi) is 4.48. The van der Waals surface area contributed by atoms with E-state index in [9.17, 15) is 14.4 Å². The Morgan fingerprint density at radius 2 is 1.84 bits per heavy atom. The lowest BCUT2D eigenvalue weighted by atomic mass is 10.1. The molecule has 0 saturated carbocycles. The zero-order valence-corrected chi connectivity index (χ0v) is 14.5. The van der Waals surface area contributed by atoms with Gasteiger partial charge in [-0.1, -0.05) is 6.07 Å². The molecule has 0 bridgehead atoms. The van der Waals surface area contributed by atoms with Crippen LogP contribution >= 0.6 is 0 Å². The highest BCUT2D eigenvalue weighted by molar-refractivity contribution is 5.93. The summed E-state index contributed by atoms with van der Waals surface area (Å²) in [6.07, 6.45) is 2.50. The van der Waals surface area contributed by atoms with Crippen molar-refractivity contribution in [3.8, 4) is 5.75 Å². The number of carbonyl (C=O) groups excluding carboxylic acids is 1. The molecule has 1 aliphatic carbocycles. The lowest BCUT2D eigenvalue weighted by Gasteiger charge is -2.17. The van der Waals surface area contributed by atoms with Gasteiger partial charge in [-0.25, -0.2) is 4.79 Å². The van der Waals surface area contributed by atoms with Gasteiger partial charge in [0.2, 0.25) is 0 Å². The summed E-state index contributed by atoms with van der Waals surface area (Å²) in [6.45, 7) is 1.63. The van der Waals surface area contributed by atoms with Crippen molar-refractivity contribution in [3.63, 3.8) is 0 Å². The van der Waals surface area contributed by atoms with Gasteiger partial charge in [-0.15, -0.1) is 0 Å². The molecule has 1 aromatic heterocycles. The summed E-state index contributed by atoms with van der Waals surface area (Å²) in [4.78, 5) is 36.0. The third-order valence-electron chi connectivity index (χ3n) is 4.53. The van der Waals surface area contributed by atoms with E-state index in [0.717, 1.165) is 23.8 Å². The van der Waals surface area contributed by atoms with Crippen LogP contribution in [0.25, 0.3) is 0 Å². The number of fused-ring (bicyclic) bond motifs is 1. The van der Waals surface area contributed by atoms with Gasteiger partial charge in [-0.3, -0.25) is 18.7 Å². The van der Waals surface area contributed by atoms with Crippen LogP contribution in [0.4, 0.5) is 5.82 Å². The van der Waals surface area contributed by atoms with Crippen LogP contribution in [0.5, 0.6) is 5.75 Å². The summed E-state index contributed by atoms with van der Waals surface area (Å²) in [5, 5.41) is 2.58. The van der Waals surface area contributed by atoms with E-state index < -0.39 is 23.3 Å². The van der Waals surface area contributed by atoms with E-state index in [1.54, 1.807) is 6.92 Å². The number of ether oxygens (including phenoxy) is 1. The molecule has 7 nitrogen and oxygen atoms in total.